The quantitative estimate of drug-likeness (QED) is 0.730. The molecule has 0 aliphatic heterocycles. The first-order valence-corrected chi connectivity index (χ1v) is 6.66. The minimum absolute atomic E-state index is 0.0561. The molecule has 1 heterocycles. The highest BCUT2D eigenvalue weighted by Crippen LogP contribution is 2.28. The average Bonchev–Trinajstić information content (AvgIpc) is 2.70. The molecule has 0 fully saturated rings. The molecule has 6 heteroatoms. The van der Waals surface area contributed by atoms with Gasteiger partial charge in [-0.3, -0.25) is 4.57 Å². The lowest BCUT2D eigenvalue weighted by Gasteiger charge is -2.08. The highest BCUT2D eigenvalue weighted by molar-refractivity contribution is 9.10. The molecule has 0 amide bonds. The average molecular weight is 338 g/mol. The Morgan fingerprint density at radius 1 is 1.20 bits per heavy atom. The van der Waals surface area contributed by atoms with Crippen LogP contribution in [0.5, 0.6) is 0 Å². The molecule has 0 saturated carbocycles. The van der Waals surface area contributed by atoms with Gasteiger partial charge in [-0.25, -0.2) is 13.8 Å². The maximum Gasteiger partial charge on any atom is 0.206 e. The molecule has 0 saturated heterocycles. The van der Waals surface area contributed by atoms with Gasteiger partial charge in [0.2, 0.25) is 5.95 Å². The molecule has 0 spiro atoms. The summed E-state index contributed by atoms with van der Waals surface area (Å²) in [6.07, 6.45) is 0. The van der Waals surface area contributed by atoms with Gasteiger partial charge in [-0.1, -0.05) is 22.0 Å². The number of benzene rings is 2. The SMILES string of the molecule is Cc1ccc(-n2c(N)nc3c(F)cc(F)cc32)cc1Br. The van der Waals surface area contributed by atoms with E-state index >= 15 is 0 Å². The molecule has 102 valence electrons. The molecular weight excluding hydrogens is 328 g/mol. The van der Waals surface area contributed by atoms with Crippen LogP contribution in [-0.2, 0) is 0 Å². The standard InChI is InChI=1S/C14H10BrF2N3/c1-7-2-3-9(6-10(7)15)20-12-5-8(16)4-11(17)13(12)19-14(20)18/h2-6H,1H3,(H2,18,19). The van der Waals surface area contributed by atoms with Gasteiger partial charge in [0, 0.05) is 16.6 Å². The van der Waals surface area contributed by atoms with E-state index in [-0.39, 0.29) is 11.5 Å². The summed E-state index contributed by atoms with van der Waals surface area (Å²) in [6.45, 7) is 1.95. The van der Waals surface area contributed by atoms with E-state index < -0.39 is 11.6 Å². The number of fused-ring (bicyclic) bond motifs is 1. The van der Waals surface area contributed by atoms with Crippen molar-refractivity contribution in [2.24, 2.45) is 0 Å². The summed E-state index contributed by atoms with van der Waals surface area (Å²) in [7, 11) is 0. The fraction of sp³-hybridized carbons (Fsp3) is 0.0714. The molecular formula is C14H10BrF2N3. The van der Waals surface area contributed by atoms with E-state index in [4.69, 9.17) is 5.73 Å². The number of nitrogens with zero attached hydrogens (tertiary/aromatic N) is 2. The van der Waals surface area contributed by atoms with Crippen LogP contribution in [0.3, 0.4) is 0 Å². The Morgan fingerprint density at radius 3 is 2.65 bits per heavy atom. The van der Waals surface area contributed by atoms with Crippen LogP contribution in [0, 0.1) is 18.6 Å². The maximum atomic E-state index is 13.7. The van der Waals surface area contributed by atoms with Gasteiger partial charge < -0.3 is 5.73 Å². The molecule has 0 radical (unpaired) electrons. The zero-order chi connectivity index (χ0) is 14.4. The highest BCUT2D eigenvalue weighted by Gasteiger charge is 2.15. The Kier molecular flexibility index (Phi) is 2.97. The second-order valence-electron chi connectivity index (χ2n) is 4.49. The number of aromatic nitrogens is 2. The molecule has 3 aromatic rings. The summed E-state index contributed by atoms with van der Waals surface area (Å²) in [5.41, 5.74) is 7.94. The van der Waals surface area contributed by atoms with Crippen LogP contribution in [0.25, 0.3) is 16.7 Å². The first-order chi connectivity index (χ1) is 9.47. The Labute approximate surface area is 122 Å². The van der Waals surface area contributed by atoms with Crippen molar-refractivity contribution in [3.05, 3.63) is 52.0 Å². The Hall–Kier alpha value is -1.95. The topological polar surface area (TPSA) is 43.8 Å². The summed E-state index contributed by atoms with van der Waals surface area (Å²) in [5, 5.41) is 0. The lowest BCUT2D eigenvalue weighted by atomic mass is 10.2. The summed E-state index contributed by atoms with van der Waals surface area (Å²) in [6, 6.07) is 7.55. The van der Waals surface area contributed by atoms with Gasteiger partial charge in [0.25, 0.3) is 0 Å². The predicted octanol–water partition coefficient (Wildman–Crippen LogP) is 3.96. The number of rotatable bonds is 1. The monoisotopic (exact) mass is 337 g/mol. The number of hydrogen-bond donors (Lipinski definition) is 1. The fourth-order valence-electron chi connectivity index (χ4n) is 2.11. The van der Waals surface area contributed by atoms with Crippen molar-refractivity contribution in [1.29, 1.82) is 0 Å². The molecule has 20 heavy (non-hydrogen) atoms. The molecule has 0 aliphatic carbocycles. The first-order valence-electron chi connectivity index (χ1n) is 5.87. The lowest BCUT2D eigenvalue weighted by molar-refractivity contribution is 0.590. The molecule has 0 unspecified atom stereocenters. The van der Waals surface area contributed by atoms with Crippen molar-refractivity contribution in [3.63, 3.8) is 0 Å². The molecule has 2 N–H and O–H groups in total. The number of nitrogen functional groups attached to an aromatic ring is 1. The van der Waals surface area contributed by atoms with Crippen LogP contribution in [-0.4, -0.2) is 9.55 Å². The predicted molar refractivity (Wildman–Crippen MR) is 77.8 cm³/mol. The van der Waals surface area contributed by atoms with Crippen LogP contribution < -0.4 is 5.73 Å². The Bertz CT molecular complexity index is 827. The maximum absolute atomic E-state index is 13.7. The van der Waals surface area contributed by atoms with Crippen molar-refractivity contribution < 1.29 is 8.78 Å². The van der Waals surface area contributed by atoms with E-state index in [1.807, 2.05) is 25.1 Å². The lowest BCUT2D eigenvalue weighted by Crippen LogP contribution is -2.01. The zero-order valence-corrected chi connectivity index (χ0v) is 12.1. The second kappa shape index (κ2) is 4.56. The van der Waals surface area contributed by atoms with Gasteiger partial charge in [0.1, 0.15) is 11.3 Å². The second-order valence-corrected chi connectivity index (χ2v) is 5.35. The number of aryl methyl sites for hydroxylation is 1. The van der Waals surface area contributed by atoms with Crippen molar-refractivity contribution in [2.75, 3.05) is 5.73 Å². The van der Waals surface area contributed by atoms with E-state index in [9.17, 15) is 8.78 Å². The van der Waals surface area contributed by atoms with Gasteiger partial charge in [-0.2, -0.15) is 0 Å². The molecule has 0 bridgehead atoms. The van der Waals surface area contributed by atoms with Crippen molar-refractivity contribution in [1.82, 2.24) is 9.55 Å². The Balaban J connectivity index is 2.35. The third-order valence-corrected chi connectivity index (χ3v) is 3.97. The van der Waals surface area contributed by atoms with E-state index in [2.05, 4.69) is 20.9 Å². The number of hydrogen-bond acceptors (Lipinski definition) is 2. The number of halogens is 3. The minimum Gasteiger partial charge on any atom is -0.369 e. The largest absolute Gasteiger partial charge is 0.369 e. The van der Waals surface area contributed by atoms with Gasteiger partial charge in [-0.15, -0.1) is 0 Å². The van der Waals surface area contributed by atoms with Gasteiger partial charge in [-0.05, 0) is 24.6 Å². The van der Waals surface area contributed by atoms with Gasteiger partial charge >= 0.3 is 0 Å². The number of nitrogens with two attached hydrogens (primary N) is 1. The van der Waals surface area contributed by atoms with E-state index in [1.54, 1.807) is 0 Å². The molecule has 1 aromatic heterocycles. The normalized spacial score (nSPS) is 11.2. The molecule has 3 rings (SSSR count). The molecule has 3 nitrogen and oxygen atoms in total. The third-order valence-electron chi connectivity index (χ3n) is 3.12. The van der Waals surface area contributed by atoms with Gasteiger partial charge in [0.15, 0.2) is 5.82 Å². The van der Waals surface area contributed by atoms with Crippen LogP contribution in [0.1, 0.15) is 5.56 Å². The van der Waals surface area contributed by atoms with E-state index in [0.29, 0.717) is 11.2 Å². The van der Waals surface area contributed by atoms with Crippen LogP contribution in [0.15, 0.2) is 34.8 Å². The van der Waals surface area contributed by atoms with Crippen molar-refractivity contribution >= 4 is 32.9 Å². The van der Waals surface area contributed by atoms with Gasteiger partial charge in [0.05, 0.1) is 11.2 Å². The van der Waals surface area contributed by atoms with Crippen LogP contribution in [0.2, 0.25) is 0 Å². The summed E-state index contributed by atoms with van der Waals surface area (Å²) in [4.78, 5) is 3.97. The Morgan fingerprint density at radius 2 is 1.95 bits per heavy atom. The number of imidazole rings is 1. The fourth-order valence-corrected chi connectivity index (χ4v) is 2.48. The highest BCUT2D eigenvalue weighted by atomic mass is 79.9. The van der Waals surface area contributed by atoms with E-state index in [0.717, 1.165) is 16.1 Å². The zero-order valence-electron chi connectivity index (χ0n) is 10.5. The van der Waals surface area contributed by atoms with E-state index in [1.165, 1.54) is 10.6 Å². The number of anilines is 1. The smallest absolute Gasteiger partial charge is 0.206 e. The molecule has 0 aliphatic rings. The van der Waals surface area contributed by atoms with Crippen molar-refractivity contribution in [2.45, 2.75) is 6.92 Å². The van der Waals surface area contributed by atoms with Crippen molar-refractivity contribution in [3.8, 4) is 5.69 Å². The first kappa shape index (κ1) is 13.1. The third kappa shape index (κ3) is 1.96. The summed E-state index contributed by atoms with van der Waals surface area (Å²) in [5.74, 6) is -1.28. The van der Waals surface area contributed by atoms with Crippen LogP contribution in [0.4, 0.5) is 14.7 Å². The molecule has 0 atom stereocenters. The summed E-state index contributed by atoms with van der Waals surface area (Å²) < 4.78 is 29.5. The molecule has 2 aromatic carbocycles. The van der Waals surface area contributed by atoms with Crippen LogP contribution >= 0.6 is 15.9 Å². The minimum atomic E-state index is -0.725. The summed E-state index contributed by atoms with van der Waals surface area (Å²) >= 11 is 3.43.